The Hall–Kier alpha value is -2.54. The molecule has 0 bridgehead atoms. The van der Waals surface area contributed by atoms with Crippen molar-refractivity contribution in [3.63, 3.8) is 0 Å². The molecule has 0 spiro atoms. The normalized spacial score (nSPS) is 19.1. The van der Waals surface area contributed by atoms with Crippen LogP contribution in [0.2, 0.25) is 0 Å². The van der Waals surface area contributed by atoms with Gasteiger partial charge in [0.15, 0.2) is 17.3 Å². The number of nitrogens with zero attached hydrogens (tertiary/aromatic N) is 3. The largest absolute Gasteiger partial charge is 0.493 e. The summed E-state index contributed by atoms with van der Waals surface area (Å²) in [5, 5.41) is 11.8. The number of rotatable bonds is 5. The first kappa shape index (κ1) is 16.0. The zero-order valence-corrected chi connectivity index (χ0v) is 14.3. The number of ether oxygens (including phenoxy) is 3. The summed E-state index contributed by atoms with van der Waals surface area (Å²) in [5.41, 5.74) is 1.12. The van der Waals surface area contributed by atoms with Gasteiger partial charge in [0.2, 0.25) is 12.5 Å². The van der Waals surface area contributed by atoms with Gasteiger partial charge < -0.3 is 24.4 Å². The maximum atomic E-state index is 5.49. The van der Waals surface area contributed by atoms with Crippen LogP contribution in [0.15, 0.2) is 30.5 Å². The molecule has 1 aromatic heterocycles. The van der Waals surface area contributed by atoms with Crippen LogP contribution in [0.4, 0.5) is 5.82 Å². The van der Waals surface area contributed by atoms with Gasteiger partial charge in [0.25, 0.3) is 0 Å². The van der Waals surface area contributed by atoms with Gasteiger partial charge in [-0.05, 0) is 42.7 Å². The van der Waals surface area contributed by atoms with Gasteiger partial charge in [-0.25, -0.2) is 0 Å². The fourth-order valence-corrected chi connectivity index (χ4v) is 3.36. The molecule has 0 aliphatic carbocycles. The zero-order valence-electron chi connectivity index (χ0n) is 14.3. The van der Waals surface area contributed by atoms with Crippen LogP contribution in [-0.4, -0.2) is 43.2 Å². The van der Waals surface area contributed by atoms with Gasteiger partial charge in [0, 0.05) is 31.9 Å². The first-order valence-corrected chi connectivity index (χ1v) is 8.56. The third-order valence-corrected chi connectivity index (χ3v) is 4.62. The Morgan fingerprint density at radius 3 is 3.16 bits per heavy atom. The summed E-state index contributed by atoms with van der Waals surface area (Å²) in [5.74, 6) is 3.11. The Morgan fingerprint density at radius 2 is 2.32 bits per heavy atom. The molecule has 1 unspecified atom stereocenters. The number of anilines is 1. The average molecular weight is 342 g/mol. The molecule has 2 aromatic rings. The molecule has 7 heteroatoms. The lowest BCUT2D eigenvalue weighted by Crippen LogP contribution is -2.45. The molecule has 3 heterocycles. The standard InChI is InChI=1S/C18H22N4O3/c1-23-15-8-13(9-16-18(15)25-12-24-16)10-19-14-4-3-7-22(11-14)17-5-2-6-20-21-17/h2,5-6,8-9,14,19H,3-4,7,10-12H2,1H3. The molecule has 132 valence electrons. The van der Waals surface area contributed by atoms with Gasteiger partial charge in [-0.1, -0.05) is 0 Å². The van der Waals surface area contributed by atoms with E-state index in [-0.39, 0.29) is 6.79 Å². The predicted molar refractivity (Wildman–Crippen MR) is 93.2 cm³/mol. The van der Waals surface area contributed by atoms with Crippen molar-refractivity contribution < 1.29 is 14.2 Å². The molecule has 1 saturated heterocycles. The quantitative estimate of drug-likeness (QED) is 0.891. The van der Waals surface area contributed by atoms with Gasteiger partial charge in [-0.3, -0.25) is 0 Å². The summed E-state index contributed by atoms with van der Waals surface area (Å²) < 4.78 is 16.3. The van der Waals surface area contributed by atoms with E-state index in [1.807, 2.05) is 24.3 Å². The number of methoxy groups -OCH3 is 1. The van der Waals surface area contributed by atoms with Crippen molar-refractivity contribution in [2.75, 3.05) is 31.9 Å². The van der Waals surface area contributed by atoms with Crippen LogP contribution in [-0.2, 0) is 6.54 Å². The van der Waals surface area contributed by atoms with Crippen LogP contribution in [0.5, 0.6) is 17.2 Å². The molecule has 1 aromatic carbocycles. The minimum atomic E-state index is 0.248. The lowest BCUT2D eigenvalue weighted by molar-refractivity contribution is 0.171. The minimum absolute atomic E-state index is 0.248. The monoisotopic (exact) mass is 342 g/mol. The van der Waals surface area contributed by atoms with Crippen molar-refractivity contribution in [3.05, 3.63) is 36.0 Å². The highest BCUT2D eigenvalue weighted by atomic mass is 16.7. The lowest BCUT2D eigenvalue weighted by Gasteiger charge is -2.33. The molecule has 2 aliphatic rings. The van der Waals surface area contributed by atoms with E-state index in [1.165, 1.54) is 0 Å². The average Bonchev–Trinajstić information content (AvgIpc) is 3.15. The highest BCUT2D eigenvalue weighted by Gasteiger charge is 2.22. The van der Waals surface area contributed by atoms with E-state index >= 15 is 0 Å². The van der Waals surface area contributed by atoms with Gasteiger partial charge in [-0.2, -0.15) is 5.10 Å². The van der Waals surface area contributed by atoms with Gasteiger partial charge in [0.1, 0.15) is 0 Å². The van der Waals surface area contributed by atoms with E-state index in [0.29, 0.717) is 11.8 Å². The fraction of sp³-hybridized carbons (Fsp3) is 0.444. The number of fused-ring (bicyclic) bond motifs is 1. The maximum absolute atomic E-state index is 5.49. The van der Waals surface area contributed by atoms with Gasteiger partial charge >= 0.3 is 0 Å². The first-order valence-electron chi connectivity index (χ1n) is 8.56. The Kier molecular flexibility index (Phi) is 4.56. The van der Waals surface area contributed by atoms with E-state index in [9.17, 15) is 0 Å². The summed E-state index contributed by atoms with van der Waals surface area (Å²) in [6.45, 7) is 2.96. The zero-order chi connectivity index (χ0) is 17.1. The Labute approximate surface area is 146 Å². The molecule has 1 N–H and O–H groups in total. The van der Waals surface area contributed by atoms with Crippen molar-refractivity contribution in [1.82, 2.24) is 15.5 Å². The van der Waals surface area contributed by atoms with Crippen molar-refractivity contribution >= 4 is 5.82 Å². The summed E-state index contributed by atoms with van der Waals surface area (Å²) in [6, 6.07) is 8.37. The smallest absolute Gasteiger partial charge is 0.231 e. The number of hydrogen-bond acceptors (Lipinski definition) is 7. The van der Waals surface area contributed by atoms with E-state index in [0.717, 1.165) is 55.4 Å². The molecule has 7 nitrogen and oxygen atoms in total. The Bertz CT molecular complexity index is 726. The molecule has 4 rings (SSSR count). The minimum Gasteiger partial charge on any atom is -0.493 e. The maximum Gasteiger partial charge on any atom is 0.231 e. The second-order valence-corrected chi connectivity index (χ2v) is 6.28. The van der Waals surface area contributed by atoms with Crippen molar-refractivity contribution in [1.29, 1.82) is 0 Å². The van der Waals surface area contributed by atoms with Crippen LogP contribution >= 0.6 is 0 Å². The Balaban J connectivity index is 1.40. The Morgan fingerprint density at radius 1 is 1.36 bits per heavy atom. The number of aromatic nitrogens is 2. The highest BCUT2D eigenvalue weighted by molar-refractivity contribution is 5.55. The van der Waals surface area contributed by atoms with E-state index < -0.39 is 0 Å². The third-order valence-electron chi connectivity index (χ3n) is 4.62. The van der Waals surface area contributed by atoms with E-state index in [4.69, 9.17) is 14.2 Å². The number of hydrogen-bond donors (Lipinski definition) is 1. The molecular weight excluding hydrogens is 320 g/mol. The predicted octanol–water partition coefficient (Wildman–Crippen LogP) is 1.97. The van der Waals surface area contributed by atoms with Crippen molar-refractivity contribution in [2.45, 2.75) is 25.4 Å². The topological polar surface area (TPSA) is 68.7 Å². The van der Waals surface area contributed by atoms with Crippen molar-refractivity contribution in [3.8, 4) is 17.2 Å². The highest BCUT2D eigenvalue weighted by Crippen LogP contribution is 2.41. The van der Waals surface area contributed by atoms with E-state index in [2.05, 4.69) is 20.4 Å². The molecular formula is C18H22N4O3. The molecule has 0 saturated carbocycles. The molecule has 0 radical (unpaired) electrons. The summed E-state index contributed by atoms with van der Waals surface area (Å²) >= 11 is 0. The molecule has 1 fully saturated rings. The van der Waals surface area contributed by atoms with Crippen molar-refractivity contribution in [2.24, 2.45) is 0 Å². The molecule has 1 atom stereocenters. The number of piperidine rings is 1. The lowest BCUT2D eigenvalue weighted by atomic mass is 10.0. The van der Waals surface area contributed by atoms with Gasteiger partial charge in [0.05, 0.1) is 7.11 Å². The van der Waals surface area contributed by atoms with Crippen LogP contribution in [0, 0.1) is 0 Å². The SMILES string of the molecule is COc1cc(CNC2CCCN(c3cccnn3)C2)cc2c1OCO2. The second kappa shape index (κ2) is 7.14. The summed E-state index contributed by atoms with van der Waals surface area (Å²) in [4.78, 5) is 2.29. The molecule has 25 heavy (non-hydrogen) atoms. The van der Waals surface area contributed by atoms with Crippen LogP contribution in [0.3, 0.4) is 0 Å². The van der Waals surface area contributed by atoms with Crippen LogP contribution in [0.1, 0.15) is 18.4 Å². The fourth-order valence-electron chi connectivity index (χ4n) is 3.36. The van der Waals surface area contributed by atoms with Crippen LogP contribution < -0.4 is 24.4 Å². The number of nitrogens with one attached hydrogen (secondary N) is 1. The molecule has 0 amide bonds. The summed E-state index contributed by atoms with van der Waals surface area (Å²) in [6.07, 6.45) is 3.99. The molecule has 2 aliphatic heterocycles. The van der Waals surface area contributed by atoms with E-state index in [1.54, 1.807) is 13.3 Å². The number of benzene rings is 1. The first-order chi connectivity index (χ1) is 12.3. The van der Waals surface area contributed by atoms with Gasteiger partial charge in [-0.15, -0.1) is 5.10 Å². The summed E-state index contributed by atoms with van der Waals surface area (Å²) in [7, 11) is 1.65. The van der Waals surface area contributed by atoms with Crippen LogP contribution in [0.25, 0.3) is 0 Å². The third kappa shape index (κ3) is 3.46. The second-order valence-electron chi connectivity index (χ2n) is 6.28.